The van der Waals surface area contributed by atoms with Gasteiger partial charge in [0.05, 0.1) is 5.92 Å². The van der Waals surface area contributed by atoms with Crippen LogP contribution in [0.3, 0.4) is 0 Å². The maximum absolute atomic E-state index is 14.9. The number of likely N-dealkylation sites (tertiary alicyclic amines) is 1. The molecule has 40 heavy (non-hydrogen) atoms. The largest absolute Gasteiger partial charge is 0.481 e. The number of aryl methyl sites for hydroxylation is 2. The maximum atomic E-state index is 14.9. The Bertz CT molecular complexity index is 1310. The number of benzene rings is 2. The predicted octanol–water partition coefficient (Wildman–Crippen LogP) is 5.78. The molecule has 2 fully saturated rings. The number of amides is 1. The average Bonchev–Trinajstić information content (AvgIpc) is 3.26. The Morgan fingerprint density at radius 3 is 2.35 bits per heavy atom. The van der Waals surface area contributed by atoms with Crippen LogP contribution in [0, 0.1) is 12.8 Å². The van der Waals surface area contributed by atoms with Crippen molar-refractivity contribution in [3.05, 3.63) is 70.3 Å². The summed E-state index contributed by atoms with van der Waals surface area (Å²) in [7, 11) is 0. The van der Waals surface area contributed by atoms with E-state index in [1.807, 2.05) is 25.1 Å². The number of carboxylic acids is 1. The van der Waals surface area contributed by atoms with E-state index in [1.165, 1.54) is 12.1 Å². The number of aliphatic carboxylic acids is 1. The number of rotatable bonds is 5. The van der Waals surface area contributed by atoms with E-state index in [0.717, 1.165) is 16.7 Å². The van der Waals surface area contributed by atoms with E-state index in [9.17, 15) is 37.4 Å². The smallest absolute Gasteiger partial charge is 0.426 e. The van der Waals surface area contributed by atoms with Crippen LogP contribution in [0.1, 0.15) is 73.3 Å². The summed E-state index contributed by atoms with van der Waals surface area (Å²) in [6.07, 6.45) is -2.53. The minimum Gasteiger partial charge on any atom is -0.481 e. The Balaban J connectivity index is 1.52. The molecule has 1 saturated heterocycles. The van der Waals surface area contributed by atoms with E-state index in [2.05, 4.69) is 6.07 Å². The molecule has 1 amide bonds. The van der Waals surface area contributed by atoms with Gasteiger partial charge in [-0.3, -0.25) is 9.59 Å². The van der Waals surface area contributed by atoms with Crippen molar-refractivity contribution in [3.63, 3.8) is 0 Å². The van der Waals surface area contributed by atoms with Gasteiger partial charge in [0, 0.05) is 18.0 Å². The van der Waals surface area contributed by atoms with Crippen LogP contribution in [0.5, 0.6) is 0 Å². The number of carbonyl (C=O) groups is 2. The van der Waals surface area contributed by atoms with Gasteiger partial charge in [0.2, 0.25) is 5.67 Å². The molecule has 0 radical (unpaired) electrons. The number of aliphatic hydroxyl groups is 1. The van der Waals surface area contributed by atoms with Crippen LogP contribution < -0.4 is 0 Å². The monoisotopic (exact) mass is 561 g/mol. The summed E-state index contributed by atoms with van der Waals surface area (Å²) in [5.74, 6) is -1.91. The molecule has 216 valence electrons. The van der Waals surface area contributed by atoms with Gasteiger partial charge in [-0.1, -0.05) is 48.0 Å². The first-order chi connectivity index (χ1) is 18.7. The van der Waals surface area contributed by atoms with E-state index in [4.69, 9.17) is 0 Å². The lowest BCUT2D eigenvalue weighted by Crippen LogP contribution is -2.56. The number of carboxylic acid groups (broad SMARTS) is 1. The fourth-order valence-electron chi connectivity index (χ4n) is 7.28. The number of hydrogen-bond acceptors (Lipinski definition) is 3. The lowest BCUT2D eigenvalue weighted by molar-refractivity contribution is -0.228. The summed E-state index contributed by atoms with van der Waals surface area (Å²) in [6, 6.07) is 11.8. The van der Waals surface area contributed by atoms with Crippen LogP contribution in [-0.2, 0) is 33.5 Å². The first-order valence-electron chi connectivity index (χ1n) is 13.9. The van der Waals surface area contributed by atoms with Gasteiger partial charge in [-0.2, -0.15) is 13.2 Å². The number of halogens is 4. The van der Waals surface area contributed by atoms with Crippen molar-refractivity contribution < 1.29 is 37.4 Å². The molecule has 2 N–H and O–H groups in total. The fraction of sp³-hybridized carbons (Fsp3) is 0.548. The number of carbonyl (C=O) groups excluding carboxylic acids is 1. The lowest BCUT2D eigenvalue weighted by Gasteiger charge is -2.46. The highest BCUT2D eigenvalue weighted by Crippen LogP contribution is 2.52. The van der Waals surface area contributed by atoms with Crippen molar-refractivity contribution in [2.45, 2.75) is 94.1 Å². The second-order valence-electron chi connectivity index (χ2n) is 12.1. The molecule has 5 rings (SSSR count). The van der Waals surface area contributed by atoms with Crippen molar-refractivity contribution in [2.24, 2.45) is 5.92 Å². The summed E-state index contributed by atoms with van der Waals surface area (Å²) in [4.78, 5) is 27.0. The second kappa shape index (κ2) is 9.86. The topological polar surface area (TPSA) is 77.8 Å². The molecule has 1 aliphatic heterocycles. The molecule has 1 saturated carbocycles. The molecular weight excluding hydrogens is 526 g/mol. The first-order valence-corrected chi connectivity index (χ1v) is 13.9. The molecule has 0 aromatic heterocycles. The molecule has 3 aliphatic rings. The van der Waals surface area contributed by atoms with Gasteiger partial charge >= 0.3 is 12.1 Å². The zero-order valence-electron chi connectivity index (χ0n) is 22.7. The molecule has 3 atom stereocenters. The van der Waals surface area contributed by atoms with E-state index in [-0.39, 0.29) is 31.7 Å². The number of hydrogen-bond donors (Lipinski definition) is 2. The lowest BCUT2D eigenvalue weighted by atomic mass is 9.63. The molecule has 5 nitrogen and oxygen atoms in total. The van der Waals surface area contributed by atoms with Crippen molar-refractivity contribution in [2.75, 3.05) is 6.54 Å². The summed E-state index contributed by atoms with van der Waals surface area (Å²) < 4.78 is 55.4. The molecule has 3 unspecified atom stereocenters. The molecule has 2 aromatic carbocycles. The Labute approximate surface area is 231 Å². The van der Waals surface area contributed by atoms with Gasteiger partial charge in [-0.05, 0) is 87.5 Å². The van der Waals surface area contributed by atoms with E-state index < -0.39 is 46.2 Å². The fourth-order valence-corrected chi connectivity index (χ4v) is 7.28. The molecule has 0 bridgehead atoms. The number of fused-ring (bicyclic) bond motifs is 3. The van der Waals surface area contributed by atoms with Crippen molar-refractivity contribution in [1.82, 2.24) is 4.90 Å². The van der Waals surface area contributed by atoms with Gasteiger partial charge in [-0.15, -0.1) is 0 Å². The Morgan fingerprint density at radius 2 is 1.73 bits per heavy atom. The molecule has 0 spiro atoms. The van der Waals surface area contributed by atoms with Gasteiger partial charge in [-0.25, -0.2) is 4.39 Å². The first kappa shape index (κ1) is 28.6. The van der Waals surface area contributed by atoms with E-state index >= 15 is 0 Å². The normalized spacial score (nSPS) is 29.8. The zero-order chi connectivity index (χ0) is 29.1. The zero-order valence-corrected chi connectivity index (χ0v) is 22.7. The van der Waals surface area contributed by atoms with Crippen molar-refractivity contribution in [1.29, 1.82) is 0 Å². The summed E-state index contributed by atoms with van der Waals surface area (Å²) >= 11 is 0. The Hall–Kier alpha value is -2.94. The van der Waals surface area contributed by atoms with Gasteiger partial charge in [0.15, 0.2) is 0 Å². The van der Waals surface area contributed by atoms with Gasteiger partial charge < -0.3 is 15.1 Å². The third kappa shape index (κ3) is 4.70. The van der Waals surface area contributed by atoms with Gasteiger partial charge in [0.1, 0.15) is 5.60 Å². The van der Waals surface area contributed by atoms with Crippen molar-refractivity contribution in [3.8, 4) is 0 Å². The molecular formula is C31H35F4NO4. The highest BCUT2D eigenvalue weighted by molar-refractivity contribution is 5.86. The molecule has 2 aromatic rings. The van der Waals surface area contributed by atoms with Crippen LogP contribution in [0.2, 0.25) is 0 Å². The van der Waals surface area contributed by atoms with Gasteiger partial charge in [0.25, 0.3) is 5.91 Å². The molecule has 1 heterocycles. The van der Waals surface area contributed by atoms with E-state index in [1.54, 1.807) is 11.0 Å². The SMILES string of the molecule is Cc1cccc(CC23CCN(C(=O)C4(O)CCC(C(=O)O)CC4)C2CCc2cc(C(C)(F)C(F)(F)F)ccc23)c1. The van der Waals surface area contributed by atoms with E-state index in [0.29, 0.717) is 44.7 Å². The molecule has 2 aliphatic carbocycles. The third-order valence-corrected chi connectivity index (χ3v) is 9.64. The minimum atomic E-state index is -5.05. The quantitative estimate of drug-likeness (QED) is 0.454. The minimum absolute atomic E-state index is 0.0728. The second-order valence-corrected chi connectivity index (χ2v) is 12.1. The number of alkyl halides is 4. The number of nitrogens with zero attached hydrogens (tertiary/aromatic N) is 1. The van der Waals surface area contributed by atoms with Crippen LogP contribution >= 0.6 is 0 Å². The maximum Gasteiger partial charge on any atom is 0.426 e. The Morgan fingerprint density at radius 1 is 1.02 bits per heavy atom. The van der Waals surface area contributed by atoms with Crippen LogP contribution in [0.15, 0.2) is 42.5 Å². The predicted molar refractivity (Wildman–Crippen MR) is 141 cm³/mol. The van der Waals surface area contributed by atoms with Crippen LogP contribution in [-0.4, -0.2) is 51.4 Å². The highest BCUT2D eigenvalue weighted by atomic mass is 19.4. The Kier molecular flexibility index (Phi) is 7.04. The highest BCUT2D eigenvalue weighted by Gasteiger charge is 2.57. The summed E-state index contributed by atoms with van der Waals surface area (Å²) in [6.45, 7) is 2.88. The summed E-state index contributed by atoms with van der Waals surface area (Å²) in [5, 5.41) is 20.7. The van der Waals surface area contributed by atoms with Crippen molar-refractivity contribution >= 4 is 11.9 Å². The van der Waals surface area contributed by atoms with Crippen LogP contribution in [0.25, 0.3) is 0 Å². The third-order valence-electron chi connectivity index (χ3n) is 9.64. The standard InChI is InChI=1S/C31H35F4NO4/c1-19-4-3-5-20(16-19)18-29-14-15-36(27(39)30(40)12-10-21(11-13-30)26(37)38)25(29)9-6-22-17-23(7-8-24(22)29)28(2,32)31(33,34)35/h3-5,7-8,16-17,21,25,40H,6,9-15,18H2,1-2H3,(H,37,38). The molecule has 9 heteroatoms. The van der Waals surface area contributed by atoms with Crippen LogP contribution in [0.4, 0.5) is 17.6 Å². The average molecular weight is 562 g/mol. The summed E-state index contributed by atoms with van der Waals surface area (Å²) in [5.41, 5.74) is -2.61.